The van der Waals surface area contributed by atoms with Crippen LogP contribution < -0.4 is 15.5 Å². The van der Waals surface area contributed by atoms with Gasteiger partial charge in [-0.3, -0.25) is 10.1 Å². The average Bonchev–Trinajstić information content (AvgIpc) is 2.67. The van der Waals surface area contributed by atoms with E-state index in [9.17, 15) is 4.79 Å². The molecule has 3 rings (SSSR count). The molecule has 1 unspecified atom stereocenters. The summed E-state index contributed by atoms with van der Waals surface area (Å²) in [5, 5.41) is 6.11. The van der Waals surface area contributed by atoms with Crippen LogP contribution in [0.5, 0.6) is 0 Å². The molecule has 0 aromatic heterocycles. The number of carbonyl (C=O) groups excluding carboxylic acids is 1. The van der Waals surface area contributed by atoms with Crippen molar-refractivity contribution in [1.82, 2.24) is 5.32 Å². The van der Waals surface area contributed by atoms with Gasteiger partial charge in [-0.25, -0.2) is 0 Å². The van der Waals surface area contributed by atoms with E-state index in [4.69, 9.17) is 0 Å². The van der Waals surface area contributed by atoms with Gasteiger partial charge in [-0.05, 0) is 12.1 Å². The van der Waals surface area contributed by atoms with Crippen molar-refractivity contribution in [3.63, 3.8) is 0 Å². The van der Waals surface area contributed by atoms with Gasteiger partial charge in [-0.1, -0.05) is 12.1 Å². The van der Waals surface area contributed by atoms with Crippen LogP contribution >= 0.6 is 0 Å². The van der Waals surface area contributed by atoms with Crippen LogP contribution in [0, 0.1) is 0 Å². The van der Waals surface area contributed by atoms with E-state index in [0.29, 0.717) is 0 Å². The predicted octanol–water partition coefficient (Wildman–Crippen LogP) is 0.374. The van der Waals surface area contributed by atoms with Crippen LogP contribution in [0.2, 0.25) is 0 Å². The fourth-order valence-electron chi connectivity index (χ4n) is 2.08. The van der Waals surface area contributed by atoms with Crippen LogP contribution in [0.3, 0.4) is 0 Å². The molecule has 1 amide bonds. The smallest absolute Gasteiger partial charge is 0.248 e. The molecule has 1 aromatic rings. The molecule has 72 valence electrons. The Labute approximate surface area is 81.9 Å². The third-order valence-corrected chi connectivity index (χ3v) is 2.77. The number of fused-ring (bicyclic) bond motifs is 3. The van der Waals surface area contributed by atoms with Crippen LogP contribution in [0.4, 0.5) is 11.4 Å². The highest BCUT2D eigenvalue weighted by atomic mass is 16.2. The maximum atomic E-state index is 11.6. The Balaban J connectivity index is 2.11. The minimum atomic E-state index is -0.0371. The highest BCUT2D eigenvalue weighted by Gasteiger charge is 2.35. The summed E-state index contributed by atoms with van der Waals surface area (Å²) in [5.41, 5.74) is 2.03. The van der Waals surface area contributed by atoms with E-state index in [-0.39, 0.29) is 11.9 Å². The molecule has 2 aliphatic heterocycles. The van der Waals surface area contributed by atoms with Crippen molar-refractivity contribution in [2.45, 2.75) is 6.04 Å². The van der Waals surface area contributed by atoms with E-state index in [1.807, 2.05) is 24.3 Å². The van der Waals surface area contributed by atoms with E-state index >= 15 is 0 Å². The lowest BCUT2D eigenvalue weighted by atomic mass is 10.1. The maximum absolute atomic E-state index is 11.6. The number of rotatable bonds is 0. The third-order valence-electron chi connectivity index (χ3n) is 2.77. The second-order valence-corrected chi connectivity index (χ2v) is 3.60. The summed E-state index contributed by atoms with van der Waals surface area (Å²) in [7, 11) is 0. The summed E-state index contributed by atoms with van der Waals surface area (Å²) in [6.45, 7) is 1.50. The van der Waals surface area contributed by atoms with E-state index in [1.165, 1.54) is 0 Å². The second-order valence-electron chi connectivity index (χ2n) is 3.60. The standard InChI is InChI=1S/C10H11N3O/c14-10-9-5-11-6-13(9)8-4-2-1-3-7(8)12-10/h1-4,9,11H,5-6H2,(H,12,14). The number of nitrogens with zero attached hydrogens (tertiary/aromatic N) is 1. The average molecular weight is 189 g/mol. The normalized spacial score (nSPS) is 24.1. The minimum Gasteiger partial charge on any atom is -0.344 e. The van der Waals surface area contributed by atoms with Gasteiger partial charge in [-0.2, -0.15) is 0 Å². The number of benzene rings is 1. The zero-order valence-corrected chi connectivity index (χ0v) is 7.66. The van der Waals surface area contributed by atoms with Crippen molar-refractivity contribution in [3.8, 4) is 0 Å². The summed E-state index contributed by atoms with van der Waals surface area (Å²) in [6, 6.07) is 7.86. The number of hydrogen-bond donors (Lipinski definition) is 2. The van der Waals surface area contributed by atoms with Crippen LogP contribution in [-0.4, -0.2) is 25.2 Å². The van der Waals surface area contributed by atoms with Crippen LogP contribution in [0.1, 0.15) is 0 Å². The molecular weight excluding hydrogens is 178 g/mol. The molecule has 1 saturated heterocycles. The zero-order valence-electron chi connectivity index (χ0n) is 7.66. The van der Waals surface area contributed by atoms with E-state index < -0.39 is 0 Å². The van der Waals surface area contributed by atoms with Crippen molar-refractivity contribution in [1.29, 1.82) is 0 Å². The number of para-hydroxylation sites is 2. The van der Waals surface area contributed by atoms with Crippen molar-refractivity contribution >= 4 is 17.3 Å². The van der Waals surface area contributed by atoms with Crippen LogP contribution in [0.25, 0.3) is 0 Å². The molecular formula is C10H11N3O. The first-order valence-electron chi connectivity index (χ1n) is 4.73. The number of nitrogens with one attached hydrogen (secondary N) is 2. The Bertz CT molecular complexity index is 391. The number of anilines is 2. The third kappa shape index (κ3) is 0.943. The molecule has 0 bridgehead atoms. The van der Waals surface area contributed by atoms with Crippen molar-refractivity contribution < 1.29 is 4.79 Å². The topological polar surface area (TPSA) is 44.4 Å². The fraction of sp³-hybridized carbons (Fsp3) is 0.300. The van der Waals surface area contributed by atoms with Crippen molar-refractivity contribution in [3.05, 3.63) is 24.3 Å². The van der Waals surface area contributed by atoms with Gasteiger partial charge in [0.05, 0.1) is 18.0 Å². The van der Waals surface area contributed by atoms with Crippen LogP contribution in [0.15, 0.2) is 24.3 Å². The molecule has 2 aliphatic rings. The first-order valence-corrected chi connectivity index (χ1v) is 4.73. The molecule has 4 nitrogen and oxygen atoms in total. The second kappa shape index (κ2) is 2.72. The van der Waals surface area contributed by atoms with Gasteiger partial charge in [-0.15, -0.1) is 0 Å². The molecule has 2 heterocycles. The van der Waals surface area contributed by atoms with Crippen molar-refractivity contribution in [2.24, 2.45) is 0 Å². The first-order chi connectivity index (χ1) is 6.86. The summed E-state index contributed by atoms with van der Waals surface area (Å²) < 4.78 is 0. The Morgan fingerprint density at radius 2 is 2.21 bits per heavy atom. The van der Waals surface area contributed by atoms with Gasteiger partial charge >= 0.3 is 0 Å². The SMILES string of the molecule is O=C1Nc2ccccc2N2CNCC12. The van der Waals surface area contributed by atoms with E-state index in [0.717, 1.165) is 24.6 Å². The molecule has 0 saturated carbocycles. The molecule has 0 radical (unpaired) electrons. The van der Waals surface area contributed by atoms with Gasteiger partial charge in [0, 0.05) is 6.54 Å². The molecule has 0 spiro atoms. The Hall–Kier alpha value is -1.55. The first kappa shape index (κ1) is 7.82. The molecule has 2 N–H and O–H groups in total. The molecule has 1 aromatic carbocycles. The van der Waals surface area contributed by atoms with Gasteiger partial charge in [0.2, 0.25) is 5.91 Å². The van der Waals surface area contributed by atoms with Gasteiger partial charge in [0.25, 0.3) is 0 Å². The Kier molecular flexibility index (Phi) is 1.52. The lowest BCUT2D eigenvalue weighted by Gasteiger charge is -2.31. The minimum absolute atomic E-state index is 0.0371. The maximum Gasteiger partial charge on any atom is 0.248 e. The zero-order chi connectivity index (χ0) is 9.54. The summed E-state index contributed by atoms with van der Waals surface area (Å²) in [6.07, 6.45) is 0. The number of carbonyl (C=O) groups is 1. The van der Waals surface area contributed by atoms with Crippen LogP contribution in [-0.2, 0) is 4.79 Å². The summed E-state index contributed by atoms with van der Waals surface area (Å²) in [5.74, 6) is 0.0914. The quantitative estimate of drug-likeness (QED) is 0.620. The summed E-state index contributed by atoms with van der Waals surface area (Å²) in [4.78, 5) is 13.8. The Morgan fingerprint density at radius 1 is 1.36 bits per heavy atom. The monoisotopic (exact) mass is 189 g/mol. The number of amides is 1. The lowest BCUT2D eigenvalue weighted by molar-refractivity contribution is -0.117. The van der Waals surface area contributed by atoms with E-state index in [1.54, 1.807) is 0 Å². The number of hydrogen-bond acceptors (Lipinski definition) is 3. The van der Waals surface area contributed by atoms with Gasteiger partial charge < -0.3 is 10.2 Å². The fourth-order valence-corrected chi connectivity index (χ4v) is 2.08. The summed E-state index contributed by atoms with van der Waals surface area (Å²) >= 11 is 0. The Morgan fingerprint density at radius 3 is 3.14 bits per heavy atom. The molecule has 4 heteroatoms. The van der Waals surface area contributed by atoms with Crippen molar-refractivity contribution in [2.75, 3.05) is 23.4 Å². The lowest BCUT2D eigenvalue weighted by Crippen LogP contribution is -2.45. The molecule has 1 atom stereocenters. The highest BCUT2D eigenvalue weighted by molar-refractivity contribution is 6.04. The molecule has 0 aliphatic carbocycles. The van der Waals surface area contributed by atoms with E-state index in [2.05, 4.69) is 15.5 Å². The molecule has 1 fully saturated rings. The van der Waals surface area contributed by atoms with Gasteiger partial charge in [0.1, 0.15) is 6.04 Å². The van der Waals surface area contributed by atoms with Gasteiger partial charge in [0.15, 0.2) is 0 Å². The largest absolute Gasteiger partial charge is 0.344 e. The predicted molar refractivity (Wildman–Crippen MR) is 54.2 cm³/mol. The highest BCUT2D eigenvalue weighted by Crippen LogP contribution is 2.32. The molecule has 14 heavy (non-hydrogen) atoms.